The molecule has 0 N–H and O–H groups in total. The summed E-state index contributed by atoms with van der Waals surface area (Å²) in [5.41, 5.74) is 3.03. The second-order valence-corrected chi connectivity index (χ2v) is 7.32. The van der Waals surface area contributed by atoms with Crippen LogP contribution >= 0.6 is 0 Å². The zero-order valence-electron chi connectivity index (χ0n) is 16.4. The third-order valence-corrected chi connectivity index (χ3v) is 5.42. The monoisotopic (exact) mass is 388 g/mol. The third-order valence-electron chi connectivity index (χ3n) is 5.42. The number of fused-ring (bicyclic) bond motifs is 3. The Morgan fingerprint density at radius 1 is 0.667 bits per heavy atom. The zero-order chi connectivity index (χ0) is 20.3. The molecule has 30 heavy (non-hydrogen) atoms. The number of allylic oxidation sites excluding steroid dienone is 1. The molecular formula is C28H20O2. The van der Waals surface area contributed by atoms with E-state index in [1.807, 2.05) is 30.3 Å². The first-order valence-electron chi connectivity index (χ1n) is 10.0. The van der Waals surface area contributed by atoms with Gasteiger partial charge >= 0.3 is 0 Å². The van der Waals surface area contributed by atoms with Crippen molar-refractivity contribution < 1.29 is 4.42 Å². The summed E-state index contributed by atoms with van der Waals surface area (Å²) in [5.74, 6) is 0.735. The van der Waals surface area contributed by atoms with E-state index in [-0.39, 0.29) is 11.3 Å². The Morgan fingerprint density at radius 2 is 1.27 bits per heavy atom. The lowest BCUT2D eigenvalue weighted by Crippen LogP contribution is -2.05. The van der Waals surface area contributed by atoms with E-state index in [2.05, 4.69) is 72.8 Å². The van der Waals surface area contributed by atoms with Gasteiger partial charge in [0.15, 0.2) is 5.43 Å². The highest BCUT2D eigenvalue weighted by Crippen LogP contribution is 2.35. The molecule has 2 nitrogen and oxygen atoms in total. The fraction of sp³-hybridized carbons (Fsp3) is 0.0357. The van der Waals surface area contributed by atoms with Crippen LogP contribution in [0.25, 0.3) is 27.8 Å². The van der Waals surface area contributed by atoms with Crippen LogP contribution in [0.15, 0.2) is 118 Å². The number of para-hydroxylation sites is 1. The molecule has 4 aromatic carbocycles. The van der Waals surface area contributed by atoms with Crippen LogP contribution in [0.5, 0.6) is 0 Å². The van der Waals surface area contributed by atoms with Crippen LogP contribution in [-0.2, 0) is 0 Å². The van der Waals surface area contributed by atoms with Gasteiger partial charge in [0, 0.05) is 6.07 Å². The van der Waals surface area contributed by atoms with Crippen molar-refractivity contribution in [3.05, 3.63) is 136 Å². The first kappa shape index (κ1) is 18.1. The standard InChI is InChI=1S/C18H12O2.C10H8/c19-16-11-18(20-17-8-4-3-7-15(16)17)14-10-9-12-5-1-2-6-13(12)14;1-2-6-10-8-4-3-7-9(10)5-1/h1-11,14H;1-8H. The molecule has 0 saturated heterocycles. The quantitative estimate of drug-likeness (QED) is 0.316. The highest BCUT2D eigenvalue weighted by Gasteiger charge is 2.21. The molecule has 144 valence electrons. The molecule has 6 rings (SSSR count). The predicted octanol–water partition coefficient (Wildman–Crippen LogP) is 6.79. The highest BCUT2D eigenvalue weighted by atomic mass is 16.3. The maximum absolute atomic E-state index is 12.2. The molecule has 1 atom stereocenters. The lowest BCUT2D eigenvalue weighted by Gasteiger charge is -2.10. The van der Waals surface area contributed by atoms with Gasteiger partial charge in [-0.15, -0.1) is 0 Å². The second kappa shape index (κ2) is 7.84. The van der Waals surface area contributed by atoms with Crippen LogP contribution in [0.3, 0.4) is 0 Å². The van der Waals surface area contributed by atoms with Gasteiger partial charge in [-0.3, -0.25) is 4.79 Å². The van der Waals surface area contributed by atoms with E-state index in [9.17, 15) is 4.79 Å². The van der Waals surface area contributed by atoms with E-state index < -0.39 is 0 Å². The van der Waals surface area contributed by atoms with Gasteiger partial charge in [-0.05, 0) is 34.0 Å². The first-order valence-corrected chi connectivity index (χ1v) is 10.0. The Hall–Kier alpha value is -3.91. The fourth-order valence-corrected chi connectivity index (χ4v) is 3.91. The zero-order valence-corrected chi connectivity index (χ0v) is 16.4. The van der Waals surface area contributed by atoms with E-state index in [0.717, 1.165) is 0 Å². The van der Waals surface area contributed by atoms with Gasteiger partial charge in [-0.1, -0.05) is 97.1 Å². The molecule has 0 fully saturated rings. The summed E-state index contributed by atoms with van der Waals surface area (Å²) in [6.07, 6.45) is 4.16. The maximum atomic E-state index is 12.2. The molecule has 0 aliphatic heterocycles. The van der Waals surface area contributed by atoms with Crippen LogP contribution in [-0.4, -0.2) is 0 Å². The number of hydrogen-bond acceptors (Lipinski definition) is 2. The summed E-state index contributed by atoms with van der Waals surface area (Å²) in [6.45, 7) is 0. The first-order chi connectivity index (χ1) is 14.8. The molecule has 0 amide bonds. The van der Waals surface area contributed by atoms with Gasteiger partial charge in [0.2, 0.25) is 0 Å². The van der Waals surface area contributed by atoms with Gasteiger partial charge in [-0.2, -0.15) is 0 Å². The van der Waals surface area contributed by atoms with Crippen molar-refractivity contribution >= 4 is 27.8 Å². The molecular weight excluding hydrogens is 368 g/mol. The van der Waals surface area contributed by atoms with Crippen molar-refractivity contribution in [2.75, 3.05) is 0 Å². The molecule has 1 heterocycles. The van der Waals surface area contributed by atoms with Gasteiger partial charge in [0.05, 0.1) is 11.3 Å². The van der Waals surface area contributed by atoms with Gasteiger partial charge in [-0.25, -0.2) is 0 Å². The predicted molar refractivity (Wildman–Crippen MR) is 124 cm³/mol. The van der Waals surface area contributed by atoms with E-state index in [4.69, 9.17) is 4.42 Å². The van der Waals surface area contributed by atoms with Crippen molar-refractivity contribution in [1.29, 1.82) is 0 Å². The fourth-order valence-electron chi connectivity index (χ4n) is 3.91. The molecule has 0 bridgehead atoms. The van der Waals surface area contributed by atoms with Crippen LogP contribution < -0.4 is 5.43 Å². The molecule has 0 spiro atoms. The van der Waals surface area contributed by atoms with Crippen LogP contribution in [0, 0.1) is 0 Å². The Bertz CT molecular complexity index is 1360. The summed E-state index contributed by atoms with van der Waals surface area (Å²) < 4.78 is 5.93. The van der Waals surface area contributed by atoms with Gasteiger partial charge < -0.3 is 4.42 Å². The molecule has 1 aliphatic rings. The number of hydrogen-bond donors (Lipinski definition) is 0. The molecule has 1 unspecified atom stereocenters. The van der Waals surface area contributed by atoms with Gasteiger partial charge in [0.1, 0.15) is 11.3 Å². The van der Waals surface area contributed by atoms with E-state index >= 15 is 0 Å². The van der Waals surface area contributed by atoms with Crippen molar-refractivity contribution in [3.8, 4) is 0 Å². The van der Waals surface area contributed by atoms with Crippen LogP contribution in [0.2, 0.25) is 0 Å². The van der Waals surface area contributed by atoms with Crippen molar-refractivity contribution in [3.63, 3.8) is 0 Å². The largest absolute Gasteiger partial charge is 0.460 e. The normalized spacial score (nSPS) is 14.3. The Kier molecular flexibility index (Phi) is 4.74. The maximum Gasteiger partial charge on any atom is 0.192 e. The summed E-state index contributed by atoms with van der Waals surface area (Å²) in [4.78, 5) is 12.2. The second-order valence-electron chi connectivity index (χ2n) is 7.32. The van der Waals surface area contributed by atoms with E-state index in [0.29, 0.717) is 16.7 Å². The summed E-state index contributed by atoms with van der Waals surface area (Å²) in [6, 6.07) is 33.9. The Labute approximate surface area is 174 Å². The van der Waals surface area contributed by atoms with Crippen molar-refractivity contribution in [2.24, 2.45) is 0 Å². The molecule has 1 aliphatic carbocycles. The van der Waals surface area contributed by atoms with Gasteiger partial charge in [0.25, 0.3) is 0 Å². The summed E-state index contributed by atoms with van der Waals surface area (Å²) in [5, 5.41) is 3.25. The molecule has 5 aromatic rings. The minimum atomic E-state index is 0.0135. The van der Waals surface area contributed by atoms with Crippen LogP contribution in [0.1, 0.15) is 22.8 Å². The molecule has 2 heteroatoms. The van der Waals surface area contributed by atoms with Crippen molar-refractivity contribution in [2.45, 2.75) is 5.92 Å². The lowest BCUT2D eigenvalue weighted by molar-refractivity contribution is 0.534. The Morgan fingerprint density at radius 3 is 2.00 bits per heavy atom. The number of benzene rings is 4. The SMILES string of the molecule is O=c1cc(C2C=Cc3ccccc32)oc2ccccc12.c1ccc2ccccc2c1. The smallest absolute Gasteiger partial charge is 0.192 e. The third kappa shape index (κ3) is 3.44. The minimum Gasteiger partial charge on any atom is -0.460 e. The van der Waals surface area contributed by atoms with E-state index in [1.54, 1.807) is 12.1 Å². The summed E-state index contributed by atoms with van der Waals surface area (Å²) in [7, 11) is 0. The van der Waals surface area contributed by atoms with Crippen molar-refractivity contribution in [1.82, 2.24) is 0 Å². The molecule has 0 radical (unpaired) electrons. The average molecular weight is 388 g/mol. The lowest BCUT2D eigenvalue weighted by atomic mass is 9.98. The molecule has 1 aromatic heterocycles. The highest BCUT2D eigenvalue weighted by molar-refractivity contribution is 5.82. The topological polar surface area (TPSA) is 30.2 Å². The van der Waals surface area contributed by atoms with E-state index in [1.165, 1.54) is 21.9 Å². The minimum absolute atomic E-state index is 0.0135. The summed E-state index contributed by atoms with van der Waals surface area (Å²) >= 11 is 0. The molecule has 0 saturated carbocycles. The average Bonchev–Trinajstić information content (AvgIpc) is 3.24. The number of rotatable bonds is 1. The van der Waals surface area contributed by atoms with Crippen LogP contribution in [0.4, 0.5) is 0 Å². The Balaban J connectivity index is 0.000000161.